The maximum atomic E-state index is 12.9. The molecule has 0 bridgehead atoms. The van der Waals surface area contributed by atoms with Gasteiger partial charge in [-0.05, 0) is 51.6 Å². The molecule has 0 saturated carbocycles. The molecule has 1 amide bonds. The third kappa shape index (κ3) is 2.79. The number of likely N-dealkylation sites (N-methyl/N-ethyl adjacent to an activating group) is 1. The Kier molecular flexibility index (Phi) is 3.65. The molecule has 2 N–H and O–H groups in total. The minimum Gasteiger partial charge on any atom is -0.324 e. The minimum atomic E-state index is -0.652. The smallest absolute Gasteiger partial charge is 0.244 e. The van der Waals surface area contributed by atoms with Gasteiger partial charge in [0.25, 0.3) is 0 Å². The van der Waals surface area contributed by atoms with E-state index in [-0.39, 0.29) is 11.7 Å². The highest BCUT2D eigenvalue weighted by Gasteiger charge is 2.25. The van der Waals surface area contributed by atoms with Crippen LogP contribution in [0.15, 0.2) is 18.2 Å². The Hall–Kier alpha value is -1.42. The third-order valence-electron chi connectivity index (χ3n) is 2.63. The van der Waals surface area contributed by atoms with Gasteiger partial charge in [-0.2, -0.15) is 0 Å². The van der Waals surface area contributed by atoms with Gasteiger partial charge in [0.2, 0.25) is 5.91 Å². The van der Waals surface area contributed by atoms with Gasteiger partial charge in [-0.3, -0.25) is 4.79 Å². The Bertz CT molecular complexity index is 402. The number of hydrogen-bond acceptors (Lipinski definition) is 2. The monoisotopic (exact) mass is 224 g/mol. The van der Waals surface area contributed by atoms with Crippen molar-refractivity contribution in [1.82, 2.24) is 5.32 Å². The molecule has 0 heterocycles. The molecule has 4 heteroatoms. The summed E-state index contributed by atoms with van der Waals surface area (Å²) in [4.78, 5) is 11.8. The molecule has 0 saturated heterocycles. The lowest BCUT2D eigenvalue weighted by atomic mass is 10.0. The average Bonchev–Trinajstić information content (AvgIpc) is 2.22. The van der Waals surface area contributed by atoms with Gasteiger partial charge in [-0.15, -0.1) is 0 Å². The predicted octanol–water partition coefficient (Wildman–Crippen LogP) is 2.07. The van der Waals surface area contributed by atoms with Gasteiger partial charge in [-0.25, -0.2) is 4.39 Å². The van der Waals surface area contributed by atoms with E-state index in [2.05, 4.69) is 10.6 Å². The van der Waals surface area contributed by atoms with Crippen molar-refractivity contribution in [2.24, 2.45) is 0 Å². The van der Waals surface area contributed by atoms with Gasteiger partial charge in [-0.1, -0.05) is 0 Å². The van der Waals surface area contributed by atoms with Crippen molar-refractivity contribution in [3.8, 4) is 0 Å². The van der Waals surface area contributed by atoms with E-state index in [9.17, 15) is 9.18 Å². The molecule has 0 aliphatic carbocycles. The summed E-state index contributed by atoms with van der Waals surface area (Å²) < 4.78 is 12.9. The van der Waals surface area contributed by atoms with E-state index >= 15 is 0 Å². The molecule has 0 spiro atoms. The van der Waals surface area contributed by atoms with Crippen LogP contribution in [0.25, 0.3) is 0 Å². The second-order valence-electron chi connectivity index (χ2n) is 4.29. The number of rotatable bonds is 3. The van der Waals surface area contributed by atoms with E-state index in [0.717, 1.165) is 0 Å². The molecule has 0 aliphatic rings. The first kappa shape index (κ1) is 12.6. The molecule has 0 aromatic heterocycles. The molecular formula is C12H17FN2O. The fourth-order valence-corrected chi connectivity index (χ4v) is 1.16. The van der Waals surface area contributed by atoms with Crippen LogP contribution < -0.4 is 10.6 Å². The van der Waals surface area contributed by atoms with Crippen LogP contribution in [0.3, 0.4) is 0 Å². The lowest BCUT2D eigenvalue weighted by Gasteiger charge is -2.23. The van der Waals surface area contributed by atoms with Crippen molar-refractivity contribution < 1.29 is 9.18 Å². The SMILES string of the molecule is CNC(C)(C)C(=O)Nc1ccc(F)cc1C. The van der Waals surface area contributed by atoms with Crippen molar-refractivity contribution in [3.63, 3.8) is 0 Å². The number of aryl methyl sites for hydroxylation is 1. The standard InChI is InChI=1S/C12H17FN2O/c1-8-7-9(13)5-6-10(8)15-11(16)12(2,3)14-4/h5-7,14H,1-4H3,(H,15,16). The van der Waals surface area contributed by atoms with Crippen LogP contribution in [-0.4, -0.2) is 18.5 Å². The van der Waals surface area contributed by atoms with Crippen molar-refractivity contribution in [3.05, 3.63) is 29.6 Å². The first-order valence-corrected chi connectivity index (χ1v) is 5.13. The summed E-state index contributed by atoms with van der Waals surface area (Å²) in [6.07, 6.45) is 0. The first-order valence-electron chi connectivity index (χ1n) is 5.13. The fraction of sp³-hybridized carbons (Fsp3) is 0.417. The number of anilines is 1. The summed E-state index contributed by atoms with van der Waals surface area (Å²) in [6.45, 7) is 5.31. The Balaban J connectivity index is 2.85. The van der Waals surface area contributed by atoms with Crippen molar-refractivity contribution in [2.75, 3.05) is 12.4 Å². The van der Waals surface area contributed by atoms with Crippen molar-refractivity contribution in [1.29, 1.82) is 0 Å². The van der Waals surface area contributed by atoms with Crippen LogP contribution in [0.5, 0.6) is 0 Å². The summed E-state index contributed by atoms with van der Waals surface area (Å²) in [5.74, 6) is -0.451. The summed E-state index contributed by atoms with van der Waals surface area (Å²) in [5, 5.41) is 5.67. The highest BCUT2D eigenvalue weighted by Crippen LogP contribution is 2.17. The zero-order chi connectivity index (χ0) is 12.3. The van der Waals surface area contributed by atoms with E-state index in [4.69, 9.17) is 0 Å². The topological polar surface area (TPSA) is 41.1 Å². The average molecular weight is 224 g/mol. The van der Waals surface area contributed by atoms with E-state index in [1.807, 2.05) is 0 Å². The van der Waals surface area contributed by atoms with Crippen LogP contribution in [0, 0.1) is 12.7 Å². The van der Waals surface area contributed by atoms with Crippen molar-refractivity contribution >= 4 is 11.6 Å². The number of carbonyl (C=O) groups excluding carboxylic acids is 1. The number of hydrogen-bond donors (Lipinski definition) is 2. The fourth-order valence-electron chi connectivity index (χ4n) is 1.16. The molecule has 0 radical (unpaired) electrons. The van der Waals surface area contributed by atoms with Gasteiger partial charge < -0.3 is 10.6 Å². The maximum Gasteiger partial charge on any atom is 0.244 e. The highest BCUT2D eigenvalue weighted by molar-refractivity contribution is 5.97. The number of nitrogens with one attached hydrogen (secondary N) is 2. The van der Waals surface area contributed by atoms with E-state index in [1.165, 1.54) is 12.1 Å². The Morgan fingerprint density at radius 3 is 2.50 bits per heavy atom. The number of benzene rings is 1. The summed E-state index contributed by atoms with van der Waals surface area (Å²) in [5.41, 5.74) is 0.691. The van der Waals surface area contributed by atoms with Crippen LogP contribution in [0.4, 0.5) is 10.1 Å². The van der Waals surface area contributed by atoms with Gasteiger partial charge in [0.1, 0.15) is 5.82 Å². The molecule has 1 aromatic carbocycles. The second-order valence-corrected chi connectivity index (χ2v) is 4.29. The molecule has 1 aromatic rings. The largest absolute Gasteiger partial charge is 0.324 e. The molecule has 16 heavy (non-hydrogen) atoms. The highest BCUT2D eigenvalue weighted by atomic mass is 19.1. The van der Waals surface area contributed by atoms with Gasteiger partial charge in [0, 0.05) is 5.69 Å². The second kappa shape index (κ2) is 4.61. The third-order valence-corrected chi connectivity index (χ3v) is 2.63. The van der Waals surface area contributed by atoms with Crippen molar-refractivity contribution in [2.45, 2.75) is 26.3 Å². The Labute approximate surface area is 95.0 Å². The first-order chi connectivity index (χ1) is 7.36. The normalized spacial score (nSPS) is 11.3. The minimum absolute atomic E-state index is 0.148. The molecule has 1 rings (SSSR count). The van der Waals surface area contributed by atoms with Gasteiger partial charge >= 0.3 is 0 Å². The Morgan fingerprint density at radius 1 is 1.38 bits per heavy atom. The van der Waals surface area contributed by atoms with Crippen LogP contribution in [-0.2, 0) is 4.79 Å². The summed E-state index contributed by atoms with van der Waals surface area (Å²) in [6, 6.07) is 4.28. The molecule has 0 fully saturated rings. The van der Waals surface area contributed by atoms with Crippen LogP contribution in [0.1, 0.15) is 19.4 Å². The summed E-state index contributed by atoms with van der Waals surface area (Å²) >= 11 is 0. The van der Waals surface area contributed by atoms with E-state index in [0.29, 0.717) is 11.3 Å². The van der Waals surface area contributed by atoms with Gasteiger partial charge in [0.15, 0.2) is 0 Å². The van der Waals surface area contributed by atoms with Crippen LogP contribution >= 0.6 is 0 Å². The molecule has 0 atom stereocenters. The number of carbonyl (C=O) groups is 1. The Morgan fingerprint density at radius 2 is 2.00 bits per heavy atom. The number of amides is 1. The zero-order valence-electron chi connectivity index (χ0n) is 10.0. The van der Waals surface area contributed by atoms with Gasteiger partial charge in [0.05, 0.1) is 5.54 Å². The molecule has 0 aliphatic heterocycles. The van der Waals surface area contributed by atoms with E-state index < -0.39 is 5.54 Å². The maximum absolute atomic E-state index is 12.9. The molecule has 88 valence electrons. The molecule has 3 nitrogen and oxygen atoms in total. The lowest BCUT2D eigenvalue weighted by Crippen LogP contribution is -2.48. The quantitative estimate of drug-likeness (QED) is 0.825. The van der Waals surface area contributed by atoms with Crippen LogP contribution in [0.2, 0.25) is 0 Å². The summed E-state index contributed by atoms with van der Waals surface area (Å²) in [7, 11) is 1.72. The lowest BCUT2D eigenvalue weighted by molar-refractivity contribution is -0.121. The van der Waals surface area contributed by atoms with E-state index in [1.54, 1.807) is 33.9 Å². The number of halogens is 1. The predicted molar refractivity (Wildman–Crippen MR) is 62.9 cm³/mol. The zero-order valence-corrected chi connectivity index (χ0v) is 10.0. The molecular weight excluding hydrogens is 207 g/mol. The molecule has 0 unspecified atom stereocenters.